The fourth-order valence-electron chi connectivity index (χ4n) is 4.94. The van der Waals surface area contributed by atoms with E-state index in [0.29, 0.717) is 24.3 Å². The third-order valence-electron chi connectivity index (χ3n) is 6.99. The summed E-state index contributed by atoms with van der Waals surface area (Å²) >= 11 is 0. The molecule has 196 valence electrons. The van der Waals surface area contributed by atoms with Crippen molar-refractivity contribution in [3.8, 4) is 5.75 Å². The maximum Gasteiger partial charge on any atom is 0.257 e. The zero-order valence-corrected chi connectivity index (χ0v) is 22.3. The lowest BCUT2D eigenvalue weighted by molar-refractivity contribution is -0.141. The lowest BCUT2D eigenvalue weighted by atomic mass is 9.87. The van der Waals surface area contributed by atoms with Crippen molar-refractivity contribution in [3.05, 3.63) is 23.8 Å². The third kappa shape index (κ3) is 7.10. The Balaban J connectivity index is 1.96. The number of nitrogens with one attached hydrogen (secondary N) is 1. The quantitative estimate of drug-likeness (QED) is 0.669. The van der Waals surface area contributed by atoms with E-state index in [1.54, 1.807) is 31.2 Å². The molecule has 0 aromatic heterocycles. The SMILES string of the molecule is CO[C@@H]1CN(C)C(=O)c2ccc(NS(C)(=O)=O)cc2OC[C@@H](C)N(C(=O)C2CCCCC2)C[C@H]1C. The lowest BCUT2D eigenvalue weighted by Gasteiger charge is -2.38. The first-order chi connectivity index (χ1) is 16.5. The summed E-state index contributed by atoms with van der Waals surface area (Å²) in [4.78, 5) is 30.3. The summed E-state index contributed by atoms with van der Waals surface area (Å²) in [6, 6.07) is 4.38. The van der Waals surface area contributed by atoms with Gasteiger partial charge in [0.2, 0.25) is 15.9 Å². The van der Waals surface area contributed by atoms with Gasteiger partial charge in [0.05, 0.1) is 29.7 Å². The Labute approximate surface area is 209 Å². The fraction of sp³-hybridized carbons (Fsp3) is 0.680. The smallest absolute Gasteiger partial charge is 0.257 e. The molecule has 0 bridgehead atoms. The van der Waals surface area contributed by atoms with Crippen molar-refractivity contribution in [2.75, 3.05) is 44.8 Å². The van der Waals surface area contributed by atoms with Gasteiger partial charge in [-0.25, -0.2) is 8.42 Å². The van der Waals surface area contributed by atoms with E-state index in [4.69, 9.17) is 9.47 Å². The number of ether oxygens (including phenoxy) is 2. The number of fused-ring (bicyclic) bond motifs is 1. The number of hydrogen-bond acceptors (Lipinski definition) is 6. The number of nitrogens with zero attached hydrogens (tertiary/aromatic N) is 2. The number of likely N-dealkylation sites (N-methyl/N-ethyl adjacent to an activating group) is 1. The highest BCUT2D eigenvalue weighted by molar-refractivity contribution is 7.92. The van der Waals surface area contributed by atoms with E-state index in [-0.39, 0.29) is 48.2 Å². The van der Waals surface area contributed by atoms with Crippen molar-refractivity contribution in [2.45, 2.75) is 58.1 Å². The van der Waals surface area contributed by atoms with Crippen LogP contribution in [0.3, 0.4) is 0 Å². The second-order valence-electron chi connectivity index (χ2n) is 10.0. The molecule has 2 amide bonds. The van der Waals surface area contributed by atoms with Crippen molar-refractivity contribution >= 4 is 27.5 Å². The number of hydrogen-bond donors (Lipinski definition) is 1. The van der Waals surface area contributed by atoms with E-state index in [1.165, 1.54) is 12.5 Å². The van der Waals surface area contributed by atoms with Gasteiger partial charge in [-0.2, -0.15) is 0 Å². The van der Waals surface area contributed by atoms with Crippen LogP contribution in [0.4, 0.5) is 5.69 Å². The first-order valence-corrected chi connectivity index (χ1v) is 14.2. The monoisotopic (exact) mass is 509 g/mol. The Bertz CT molecular complexity index is 1010. The summed E-state index contributed by atoms with van der Waals surface area (Å²) in [6.45, 7) is 5.02. The van der Waals surface area contributed by atoms with Crippen molar-refractivity contribution in [1.82, 2.24) is 9.80 Å². The first-order valence-electron chi connectivity index (χ1n) is 12.3. The molecule has 1 saturated carbocycles. The molecule has 9 nitrogen and oxygen atoms in total. The van der Waals surface area contributed by atoms with Crippen LogP contribution in [-0.2, 0) is 19.6 Å². The Hall–Kier alpha value is -2.33. The van der Waals surface area contributed by atoms with Crippen LogP contribution < -0.4 is 9.46 Å². The Morgan fingerprint density at radius 1 is 1.14 bits per heavy atom. The molecule has 3 rings (SSSR count). The molecule has 1 aliphatic heterocycles. The van der Waals surface area contributed by atoms with Gasteiger partial charge in [-0.05, 0) is 31.9 Å². The van der Waals surface area contributed by atoms with Gasteiger partial charge in [-0.15, -0.1) is 0 Å². The zero-order chi connectivity index (χ0) is 25.8. The molecule has 2 aliphatic rings. The normalized spacial score (nSPS) is 25.2. The molecule has 0 unspecified atom stereocenters. The molecule has 1 aromatic carbocycles. The minimum Gasteiger partial charge on any atom is -0.491 e. The maximum atomic E-state index is 13.6. The predicted octanol–water partition coefficient (Wildman–Crippen LogP) is 2.97. The molecule has 1 aromatic rings. The Morgan fingerprint density at radius 2 is 1.83 bits per heavy atom. The molecular weight excluding hydrogens is 470 g/mol. The Morgan fingerprint density at radius 3 is 2.46 bits per heavy atom. The maximum absolute atomic E-state index is 13.6. The van der Waals surface area contributed by atoms with Gasteiger partial charge in [0.15, 0.2) is 0 Å². The predicted molar refractivity (Wildman–Crippen MR) is 135 cm³/mol. The van der Waals surface area contributed by atoms with Crippen LogP contribution in [0.1, 0.15) is 56.3 Å². The molecule has 1 N–H and O–H groups in total. The largest absolute Gasteiger partial charge is 0.491 e. The van der Waals surface area contributed by atoms with Gasteiger partial charge in [-0.3, -0.25) is 14.3 Å². The average Bonchev–Trinajstić information content (AvgIpc) is 2.82. The first kappa shape index (κ1) is 27.3. The van der Waals surface area contributed by atoms with Crippen molar-refractivity contribution in [1.29, 1.82) is 0 Å². The number of amides is 2. The van der Waals surface area contributed by atoms with E-state index >= 15 is 0 Å². The standard InChI is InChI=1S/C25H39N3O6S/c1-17-14-28(24(29)19-9-7-6-8-10-19)18(2)16-34-22-13-20(26-35(5,31)32)11-12-21(22)25(30)27(3)15-23(17)33-4/h11-13,17-19,23,26H,6-10,14-16H2,1-5H3/t17-,18-,23-/m1/s1. The van der Waals surface area contributed by atoms with Crippen LogP contribution in [0.5, 0.6) is 5.75 Å². The molecule has 1 heterocycles. The molecule has 1 fully saturated rings. The molecular formula is C25H39N3O6S. The molecule has 35 heavy (non-hydrogen) atoms. The van der Waals surface area contributed by atoms with E-state index < -0.39 is 10.0 Å². The zero-order valence-electron chi connectivity index (χ0n) is 21.5. The van der Waals surface area contributed by atoms with Gasteiger partial charge < -0.3 is 19.3 Å². The molecule has 0 radical (unpaired) electrons. The molecule has 0 spiro atoms. The summed E-state index contributed by atoms with van der Waals surface area (Å²) in [6.07, 6.45) is 5.94. The number of carbonyl (C=O) groups is 2. The number of rotatable bonds is 4. The molecule has 0 saturated heterocycles. The second kappa shape index (κ2) is 11.6. The Kier molecular flexibility index (Phi) is 9.04. The summed E-state index contributed by atoms with van der Waals surface area (Å²) in [7, 11) is -0.170. The average molecular weight is 510 g/mol. The van der Waals surface area contributed by atoms with Crippen molar-refractivity contribution in [3.63, 3.8) is 0 Å². The molecule has 10 heteroatoms. The van der Waals surface area contributed by atoms with E-state index in [2.05, 4.69) is 4.72 Å². The van der Waals surface area contributed by atoms with Crippen LogP contribution in [0.25, 0.3) is 0 Å². The van der Waals surface area contributed by atoms with E-state index in [1.807, 2.05) is 18.7 Å². The van der Waals surface area contributed by atoms with Gasteiger partial charge in [-0.1, -0.05) is 26.2 Å². The number of methoxy groups -OCH3 is 1. The van der Waals surface area contributed by atoms with Crippen LogP contribution in [-0.4, -0.2) is 82.3 Å². The lowest BCUT2D eigenvalue weighted by Crippen LogP contribution is -2.50. The second-order valence-corrected chi connectivity index (χ2v) is 11.8. The van der Waals surface area contributed by atoms with Crippen LogP contribution in [0.15, 0.2) is 18.2 Å². The fourth-order valence-corrected chi connectivity index (χ4v) is 5.50. The van der Waals surface area contributed by atoms with Crippen LogP contribution in [0.2, 0.25) is 0 Å². The topological polar surface area (TPSA) is 105 Å². The highest BCUT2D eigenvalue weighted by atomic mass is 32.2. The van der Waals surface area contributed by atoms with Gasteiger partial charge >= 0.3 is 0 Å². The number of benzene rings is 1. The van der Waals surface area contributed by atoms with Crippen molar-refractivity contribution < 1.29 is 27.5 Å². The minimum atomic E-state index is -3.50. The summed E-state index contributed by atoms with van der Waals surface area (Å²) in [5.41, 5.74) is 0.631. The van der Waals surface area contributed by atoms with Gasteiger partial charge in [0.1, 0.15) is 12.4 Å². The van der Waals surface area contributed by atoms with Gasteiger partial charge in [0.25, 0.3) is 5.91 Å². The summed E-state index contributed by atoms with van der Waals surface area (Å²) in [5, 5.41) is 0. The highest BCUT2D eigenvalue weighted by Gasteiger charge is 2.33. The summed E-state index contributed by atoms with van der Waals surface area (Å²) in [5.74, 6) is 0.204. The molecule has 3 atom stereocenters. The van der Waals surface area contributed by atoms with Gasteiger partial charge in [0, 0.05) is 45.1 Å². The van der Waals surface area contributed by atoms with E-state index in [9.17, 15) is 18.0 Å². The highest BCUT2D eigenvalue weighted by Crippen LogP contribution is 2.29. The van der Waals surface area contributed by atoms with Crippen molar-refractivity contribution in [2.24, 2.45) is 11.8 Å². The molecule has 1 aliphatic carbocycles. The number of sulfonamides is 1. The minimum absolute atomic E-state index is 0.00507. The number of anilines is 1. The van der Waals surface area contributed by atoms with Crippen LogP contribution in [0, 0.1) is 11.8 Å². The number of carbonyl (C=O) groups excluding carboxylic acids is 2. The third-order valence-corrected chi connectivity index (χ3v) is 7.59. The van der Waals surface area contributed by atoms with E-state index in [0.717, 1.165) is 31.9 Å². The van der Waals surface area contributed by atoms with Crippen LogP contribution >= 0.6 is 0 Å². The summed E-state index contributed by atoms with van der Waals surface area (Å²) < 4.78 is 37.7.